The summed E-state index contributed by atoms with van der Waals surface area (Å²) in [4.78, 5) is 21.5. The minimum Gasteiger partial charge on any atom is -0.317 e. The number of rotatable bonds is 6. The van der Waals surface area contributed by atoms with Gasteiger partial charge in [0.2, 0.25) is 0 Å². The van der Waals surface area contributed by atoms with E-state index in [-0.39, 0.29) is 5.69 Å². The molecule has 1 aromatic rings. The van der Waals surface area contributed by atoms with E-state index in [1.807, 2.05) is 6.92 Å². The average molecular weight is 225 g/mol. The zero-order chi connectivity index (χ0) is 12.0. The van der Waals surface area contributed by atoms with E-state index in [9.17, 15) is 14.9 Å². The second-order valence-electron chi connectivity index (χ2n) is 3.36. The molecule has 0 aliphatic heterocycles. The number of pyridine rings is 1. The van der Waals surface area contributed by atoms with Gasteiger partial charge in [-0.15, -0.1) is 0 Å². The quantitative estimate of drug-likeness (QED) is 0.440. The van der Waals surface area contributed by atoms with Gasteiger partial charge in [0, 0.05) is 18.8 Å². The van der Waals surface area contributed by atoms with Crippen LogP contribution in [0.5, 0.6) is 0 Å². The molecule has 0 aliphatic rings. The van der Waals surface area contributed by atoms with Crippen LogP contribution in [0.25, 0.3) is 0 Å². The predicted octanol–water partition coefficient (Wildman–Crippen LogP) is 0.756. The summed E-state index contributed by atoms with van der Waals surface area (Å²) < 4.78 is 1.37. The van der Waals surface area contributed by atoms with Crippen molar-refractivity contribution in [2.45, 2.75) is 19.9 Å². The highest BCUT2D eigenvalue weighted by molar-refractivity contribution is 5.24. The van der Waals surface area contributed by atoms with Gasteiger partial charge in [0.25, 0.3) is 0 Å². The highest BCUT2D eigenvalue weighted by atomic mass is 16.6. The summed E-state index contributed by atoms with van der Waals surface area (Å²) in [6.45, 7) is 4.17. The lowest BCUT2D eigenvalue weighted by atomic mass is 10.3. The molecule has 0 saturated heterocycles. The third-order valence-electron chi connectivity index (χ3n) is 2.20. The smallest absolute Gasteiger partial charge is 0.317 e. The van der Waals surface area contributed by atoms with Gasteiger partial charge >= 0.3 is 11.2 Å². The fourth-order valence-electron chi connectivity index (χ4n) is 1.39. The second kappa shape index (κ2) is 6.02. The van der Waals surface area contributed by atoms with Crippen LogP contribution in [0.1, 0.15) is 13.3 Å². The molecular weight excluding hydrogens is 210 g/mol. The maximum atomic E-state index is 11.6. The van der Waals surface area contributed by atoms with Crippen molar-refractivity contribution in [2.24, 2.45) is 0 Å². The van der Waals surface area contributed by atoms with E-state index in [0.717, 1.165) is 19.5 Å². The van der Waals surface area contributed by atoms with Crippen LogP contribution < -0.4 is 10.9 Å². The largest absolute Gasteiger partial charge is 0.334 e. The number of nitrogens with zero attached hydrogens (tertiary/aromatic N) is 2. The number of nitro groups is 1. The standard InChI is InChI=1S/C10H15N3O3/c1-2-11-6-4-8-12-7-3-5-9(10(12)14)13(15)16/h3,5,7,11H,2,4,6,8H2,1H3. The Bertz CT molecular complexity index is 414. The molecule has 1 N–H and O–H groups in total. The Morgan fingerprint density at radius 2 is 2.31 bits per heavy atom. The van der Waals surface area contributed by atoms with Gasteiger partial charge in [-0.05, 0) is 25.6 Å². The van der Waals surface area contributed by atoms with Crippen LogP contribution in [0.4, 0.5) is 5.69 Å². The molecular formula is C10H15N3O3. The molecule has 0 aliphatic carbocycles. The molecule has 0 atom stereocenters. The first-order valence-corrected chi connectivity index (χ1v) is 5.21. The normalized spacial score (nSPS) is 10.3. The third-order valence-corrected chi connectivity index (χ3v) is 2.20. The van der Waals surface area contributed by atoms with Crippen LogP contribution >= 0.6 is 0 Å². The zero-order valence-electron chi connectivity index (χ0n) is 9.18. The van der Waals surface area contributed by atoms with Crippen molar-refractivity contribution in [2.75, 3.05) is 13.1 Å². The molecule has 6 nitrogen and oxygen atoms in total. The molecule has 16 heavy (non-hydrogen) atoms. The molecule has 6 heteroatoms. The van der Waals surface area contributed by atoms with Crippen LogP contribution in [0.3, 0.4) is 0 Å². The lowest BCUT2D eigenvalue weighted by Gasteiger charge is -2.05. The zero-order valence-corrected chi connectivity index (χ0v) is 9.18. The number of aromatic nitrogens is 1. The highest BCUT2D eigenvalue weighted by Crippen LogP contribution is 2.01. The van der Waals surface area contributed by atoms with E-state index in [2.05, 4.69) is 5.32 Å². The maximum absolute atomic E-state index is 11.6. The first-order chi connectivity index (χ1) is 7.66. The summed E-state index contributed by atoms with van der Waals surface area (Å²) in [6, 6.07) is 2.75. The average Bonchev–Trinajstić information content (AvgIpc) is 2.26. The van der Waals surface area contributed by atoms with Crippen LogP contribution in [0.2, 0.25) is 0 Å². The SMILES string of the molecule is CCNCCCn1cccc([N+](=O)[O-])c1=O. The maximum Gasteiger partial charge on any atom is 0.334 e. The Balaban J connectivity index is 2.70. The lowest BCUT2D eigenvalue weighted by Crippen LogP contribution is -2.24. The topological polar surface area (TPSA) is 77.2 Å². The summed E-state index contributed by atoms with van der Waals surface area (Å²) in [5.74, 6) is 0. The van der Waals surface area contributed by atoms with Crippen LogP contribution in [-0.2, 0) is 6.54 Å². The molecule has 0 amide bonds. The first-order valence-electron chi connectivity index (χ1n) is 5.21. The van der Waals surface area contributed by atoms with Crippen molar-refractivity contribution < 1.29 is 4.92 Å². The van der Waals surface area contributed by atoms with Crippen LogP contribution in [-0.4, -0.2) is 22.6 Å². The molecule has 0 radical (unpaired) electrons. The molecule has 0 unspecified atom stereocenters. The number of aryl methyl sites for hydroxylation is 1. The van der Waals surface area contributed by atoms with Gasteiger partial charge < -0.3 is 9.88 Å². The van der Waals surface area contributed by atoms with E-state index in [1.54, 1.807) is 6.20 Å². The first kappa shape index (κ1) is 12.4. The minimum atomic E-state index is -0.650. The number of nitrogens with one attached hydrogen (secondary N) is 1. The second-order valence-corrected chi connectivity index (χ2v) is 3.36. The van der Waals surface area contributed by atoms with E-state index >= 15 is 0 Å². The summed E-state index contributed by atoms with van der Waals surface area (Å²) in [6.07, 6.45) is 2.34. The highest BCUT2D eigenvalue weighted by Gasteiger charge is 2.12. The summed E-state index contributed by atoms with van der Waals surface area (Å²) in [5.41, 5.74) is -0.907. The Morgan fingerprint density at radius 1 is 1.56 bits per heavy atom. The molecule has 0 saturated carbocycles. The Labute approximate surface area is 93.1 Å². The van der Waals surface area contributed by atoms with Crippen molar-refractivity contribution in [1.82, 2.24) is 9.88 Å². The Kier molecular flexibility index (Phi) is 4.65. The summed E-state index contributed by atoms with van der Waals surface area (Å²) in [7, 11) is 0. The molecule has 1 heterocycles. The van der Waals surface area contributed by atoms with Crippen LogP contribution in [0, 0.1) is 10.1 Å². The minimum absolute atomic E-state index is 0.369. The van der Waals surface area contributed by atoms with Gasteiger partial charge in [0.1, 0.15) is 0 Å². The fraction of sp³-hybridized carbons (Fsp3) is 0.500. The molecule has 0 fully saturated rings. The number of hydrogen-bond acceptors (Lipinski definition) is 4. The van der Waals surface area contributed by atoms with Gasteiger partial charge in [-0.2, -0.15) is 0 Å². The lowest BCUT2D eigenvalue weighted by molar-refractivity contribution is -0.386. The van der Waals surface area contributed by atoms with Gasteiger partial charge in [-0.25, -0.2) is 0 Å². The van der Waals surface area contributed by atoms with Crippen molar-refractivity contribution in [3.05, 3.63) is 38.8 Å². The third kappa shape index (κ3) is 3.16. The molecule has 0 aromatic carbocycles. The van der Waals surface area contributed by atoms with Crippen molar-refractivity contribution >= 4 is 5.69 Å². The van der Waals surface area contributed by atoms with E-state index in [4.69, 9.17) is 0 Å². The van der Waals surface area contributed by atoms with Crippen molar-refractivity contribution in [3.63, 3.8) is 0 Å². The number of hydrogen-bond donors (Lipinski definition) is 1. The molecule has 88 valence electrons. The van der Waals surface area contributed by atoms with Crippen LogP contribution in [0.15, 0.2) is 23.1 Å². The Hall–Kier alpha value is -1.69. The Morgan fingerprint density at radius 3 is 2.94 bits per heavy atom. The van der Waals surface area contributed by atoms with E-state index in [0.29, 0.717) is 6.54 Å². The molecule has 0 spiro atoms. The molecule has 0 bridgehead atoms. The van der Waals surface area contributed by atoms with E-state index in [1.165, 1.54) is 16.7 Å². The van der Waals surface area contributed by atoms with Crippen molar-refractivity contribution in [1.29, 1.82) is 0 Å². The van der Waals surface area contributed by atoms with Crippen molar-refractivity contribution in [3.8, 4) is 0 Å². The predicted molar refractivity (Wildman–Crippen MR) is 60.5 cm³/mol. The summed E-state index contributed by atoms with van der Waals surface area (Å²) >= 11 is 0. The monoisotopic (exact) mass is 225 g/mol. The van der Waals surface area contributed by atoms with Gasteiger partial charge in [-0.1, -0.05) is 6.92 Å². The summed E-state index contributed by atoms with van der Waals surface area (Å²) in [5, 5.41) is 13.7. The molecule has 1 aromatic heterocycles. The van der Waals surface area contributed by atoms with Gasteiger partial charge in [-0.3, -0.25) is 14.9 Å². The molecule has 1 rings (SSSR count). The van der Waals surface area contributed by atoms with E-state index < -0.39 is 10.5 Å². The van der Waals surface area contributed by atoms with Gasteiger partial charge in [0.05, 0.1) is 4.92 Å². The van der Waals surface area contributed by atoms with Gasteiger partial charge in [0.15, 0.2) is 0 Å². The fourth-order valence-corrected chi connectivity index (χ4v) is 1.39.